The van der Waals surface area contributed by atoms with E-state index in [4.69, 9.17) is 4.74 Å². The molecule has 0 bridgehead atoms. The fraction of sp³-hybridized carbons (Fsp3) is 0.478. The highest BCUT2D eigenvalue weighted by molar-refractivity contribution is 5.30. The summed E-state index contributed by atoms with van der Waals surface area (Å²) in [5.41, 5.74) is 1.74. The average Bonchev–Trinajstić information content (AvgIpc) is 2.66. The predicted molar refractivity (Wildman–Crippen MR) is 101 cm³/mol. The van der Waals surface area contributed by atoms with E-state index in [0.29, 0.717) is 17.2 Å². The van der Waals surface area contributed by atoms with Crippen molar-refractivity contribution in [3.05, 3.63) is 65.2 Å². The van der Waals surface area contributed by atoms with Crippen LogP contribution in [-0.2, 0) is 6.61 Å². The van der Waals surface area contributed by atoms with Crippen molar-refractivity contribution >= 4 is 0 Å². The quantitative estimate of drug-likeness (QED) is 0.517. The first-order chi connectivity index (χ1) is 12.7. The minimum atomic E-state index is -0.569. The number of hydrogen-bond donors (Lipinski definition) is 0. The first kappa shape index (κ1) is 18.9. The maximum atomic E-state index is 13.6. The second kappa shape index (κ2) is 9.16. The highest BCUT2D eigenvalue weighted by Crippen LogP contribution is 2.38. The fourth-order valence-corrected chi connectivity index (χ4v) is 3.91. The molecule has 26 heavy (non-hydrogen) atoms. The van der Waals surface area contributed by atoms with Gasteiger partial charge in [-0.1, -0.05) is 38.3 Å². The summed E-state index contributed by atoms with van der Waals surface area (Å²) < 4.78 is 32.2. The highest BCUT2D eigenvalue weighted by atomic mass is 19.1. The van der Waals surface area contributed by atoms with Gasteiger partial charge in [-0.05, 0) is 67.3 Å². The Labute approximate surface area is 155 Å². The molecule has 1 fully saturated rings. The Hall–Kier alpha value is -1.90. The van der Waals surface area contributed by atoms with Crippen LogP contribution in [0.2, 0.25) is 0 Å². The Morgan fingerprint density at radius 2 is 1.69 bits per heavy atom. The van der Waals surface area contributed by atoms with Crippen LogP contribution in [0.5, 0.6) is 5.75 Å². The Balaban J connectivity index is 1.51. The van der Waals surface area contributed by atoms with Gasteiger partial charge in [0.25, 0.3) is 0 Å². The summed E-state index contributed by atoms with van der Waals surface area (Å²) in [4.78, 5) is 0. The van der Waals surface area contributed by atoms with Gasteiger partial charge in [-0.25, -0.2) is 8.78 Å². The summed E-state index contributed by atoms with van der Waals surface area (Å²) in [5, 5.41) is 0. The molecule has 3 rings (SSSR count). The number of unbranched alkanes of at least 4 members (excludes halogenated alkanes) is 1. The van der Waals surface area contributed by atoms with Gasteiger partial charge < -0.3 is 4.74 Å². The van der Waals surface area contributed by atoms with E-state index in [1.54, 1.807) is 0 Å². The normalized spacial score (nSPS) is 20.1. The van der Waals surface area contributed by atoms with Gasteiger partial charge in [0.05, 0.1) is 0 Å². The summed E-state index contributed by atoms with van der Waals surface area (Å²) in [6.07, 6.45) is 9.26. The van der Waals surface area contributed by atoms with Gasteiger partial charge in [-0.2, -0.15) is 0 Å². The maximum Gasteiger partial charge on any atom is 0.132 e. The molecule has 1 aliphatic carbocycles. The van der Waals surface area contributed by atoms with Crippen LogP contribution in [0, 0.1) is 17.6 Å². The van der Waals surface area contributed by atoms with E-state index in [-0.39, 0.29) is 6.61 Å². The molecule has 1 saturated carbocycles. The monoisotopic (exact) mass is 358 g/mol. The standard InChI is InChI=1S/C23H28F2O/c1-2-3-4-17-5-7-18(8-6-17)19-10-13-22(14-11-19)26-16-20-9-12-21(24)15-23(20)25/h9-15,17-18H,2-8,16H2,1H3/t17-,18-. The van der Waals surface area contributed by atoms with Crippen molar-refractivity contribution in [2.24, 2.45) is 5.92 Å². The minimum Gasteiger partial charge on any atom is -0.489 e. The molecule has 3 heteroatoms. The molecule has 2 aromatic carbocycles. The third kappa shape index (κ3) is 5.06. The first-order valence-corrected chi connectivity index (χ1v) is 9.82. The molecule has 0 saturated heterocycles. The lowest BCUT2D eigenvalue weighted by Crippen LogP contribution is -2.13. The van der Waals surface area contributed by atoms with Crippen molar-refractivity contribution in [1.82, 2.24) is 0 Å². The number of rotatable bonds is 7. The number of halogens is 2. The molecule has 140 valence electrons. The zero-order valence-corrected chi connectivity index (χ0v) is 15.5. The molecule has 1 aliphatic rings. The molecule has 0 amide bonds. The number of ether oxygens (including phenoxy) is 1. The molecule has 0 aromatic heterocycles. The van der Waals surface area contributed by atoms with Gasteiger partial charge >= 0.3 is 0 Å². The average molecular weight is 358 g/mol. The molecule has 2 aromatic rings. The van der Waals surface area contributed by atoms with E-state index in [1.807, 2.05) is 12.1 Å². The van der Waals surface area contributed by atoms with E-state index in [2.05, 4.69) is 19.1 Å². The van der Waals surface area contributed by atoms with E-state index >= 15 is 0 Å². The van der Waals surface area contributed by atoms with Crippen LogP contribution in [0.1, 0.15) is 68.9 Å². The van der Waals surface area contributed by atoms with Gasteiger partial charge in [-0.15, -0.1) is 0 Å². The Morgan fingerprint density at radius 3 is 2.35 bits per heavy atom. The second-order valence-electron chi connectivity index (χ2n) is 7.45. The van der Waals surface area contributed by atoms with Crippen molar-refractivity contribution in [2.75, 3.05) is 0 Å². The lowest BCUT2D eigenvalue weighted by Gasteiger charge is -2.28. The molecule has 1 nitrogen and oxygen atoms in total. The van der Waals surface area contributed by atoms with E-state index < -0.39 is 11.6 Å². The minimum absolute atomic E-state index is 0.105. The molecule has 0 N–H and O–H groups in total. The van der Waals surface area contributed by atoms with Crippen molar-refractivity contribution in [1.29, 1.82) is 0 Å². The van der Waals surface area contributed by atoms with Gasteiger partial charge in [0.1, 0.15) is 24.0 Å². The Morgan fingerprint density at radius 1 is 0.962 bits per heavy atom. The van der Waals surface area contributed by atoms with E-state index in [1.165, 1.54) is 62.6 Å². The molecule has 0 unspecified atom stereocenters. The predicted octanol–water partition coefficient (Wildman–Crippen LogP) is 7.01. The van der Waals surface area contributed by atoms with Gasteiger partial charge in [0.15, 0.2) is 0 Å². The van der Waals surface area contributed by atoms with Crippen LogP contribution in [0.25, 0.3) is 0 Å². The van der Waals surface area contributed by atoms with Gasteiger partial charge in [0.2, 0.25) is 0 Å². The lowest BCUT2D eigenvalue weighted by atomic mass is 9.77. The Bertz CT molecular complexity index is 688. The van der Waals surface area contributed by atoms with Crippen molar-refractivity contribution < 1.29 is 13.5 Å². The van der Waals surface area contributed by atoms with Gasteiger partial charge in [-0.3, -0.25) is 0 Å². The van der Waals surface area contributed by atoms with Crippen LogP contribution in [-0.4, -0.2) is 0 Å². The van der Waals surface area contributed by atoms with Crippen LogP contribution >= 0.6 is 0 Å². The smallest absolute Gasteiger partial charge is 0.132 e. The number of benzene rings is 2. The molecular weight excluding hydrogens is 330 g/mol. The summed E-state index contributed by atoms with van der Waals surface area (Å²) >= 11 is 0. The number of hydrogen-bond acceptors (Lipinski definition) is 1. The van der Waals surface area contributed by atoms with Crippen LogP contribution < -0.4 is 4.74 Å². The third-order valence-electron chi connectivity index (χ3n) is 5.57. The zero-order chi connectivity index (χ0) is 18.4. The summed E-state index contributed by atoms with van der Waals surface area (Å²) in [5.74, 6) is 1.14. The maximum absolute atomic E-state index is 13.6. The topological polar surface area (TPSA) is 9.23 Å². The second-order valence-corrected chi connectivity index (χ2v) is 7.45. The third-order valence-corrected chi connectivity index (χ3v) is 5.57. The SMILES string of the molecule is CCCC[C@H]1CC[C@H](c2ccc(OCc3ccc(F)cc3F)cc2)CC1. The fourth-order valence-electron chi connectivity index (χ4n) is 3.91. The molecular formula is C23H28F2O. The van der Waals surface area contributed by atoms with Crippen molar-refractivity contribution in [3.8, 4) is 5.75 Å². The largest absolute Gasteiger partial charge is 0.489 e. The summed E-state index contributed by atoms with van der Waals surface area (Å²) in [6.45, 7) is 2.37. The van der Waals surface area contributed by atoms with Gasteiger partial charge in [0, 0.05) is 11.6 Å². The molecule has 0 spiro atoms. The summed E-state index contributed by atoms with van der Waals surface area (Å²) in [6, 6.07) is 11.7. The van der Waals surface area contributed by atoms with Crippen LogP contribution in [0.3, 0.4) is 0 Å². The van der Waals surface area contributed by atoms with Crippen molar-refractivity contribution in [3.63, 3.8) is 0 Å². The van der Waals surface area contributed by atoms with Crippen LogP contribution in [0.4, 0.5) is 8.78 Å². The van der Waals surface area contributed by atoms with E-state index in [9.17, 15) is 8.78 Å². The van der Waals surface area contributed by atoms with E-state index in [0.717, 1.165) is 12.0 Å². The molecule has 0 aliphatic heterocycles. The Kier molecular flexibility index (Phi) is 6.65. The summed E-state index contributed by atoms with van der Waals surface area (Å²) in [7, 11) is 0. The lowest BCUT2D eigenvalue weighted by molar-refractivity contribution is 0.297. The first-order valence-electron chi connectivity index (χ1n) is 9.82. The van der Waals surface area contributed by atoms with Crippen LogP contribution in [0.15, 0.2) is 42.5 Å². The molecule has 0 heterocycles. The molecule has 0 atom stereocenters. The van der Waals surface area contributed by atoms with Crippen molar-refractivity contribution in [2.45, 2.75) is 64.4 Å². The zero-order valence-electron chi connectivity index (χ0n) is 15.5. The highest BCUT2D eigenvalue weighted by Gasteiger charge is 2.21. The molecule has 0 radical (unpaired) electrons.